The van der Waals surface area contributed by atoms with Gasteiger partial charge >= 0.3 is 0 Å². The van der Waals surface area contributed by atoms with E-state index in [0.29, 0.717) is 25.8 Å². The first kappa shape index (κ1) is 15.8. The third kappa shape index (κ3) is 4.00. The topological polar surface area (TPSA) is 41.9 Å². The van der Waals surface area contributed by atoms with Crippen LogP contribution in [0.1, 0.15) is 31.2 Å². The van der Waals surface area contributed by atoms with Crippen molar-refractivity contribution in [1.29, 1.82) is 0 Å². The molecular weight excluding hydrogens is 278 g/mol. The van der Waals surface area contributed by atoms with Crippen LogP contribution in [0.3, 0.4) is 0 Å². The van der Waals surface area contributed by atoms with E-state index in [1.807, 2.05) is 24.3 Å². The van der Waals surface area contributed by atoms with E-state index in [9.17, 15) is 5.11 Å². The zero-order valence-electron chi connectivity index (χ0n) is 13.5. The molecule has 0 radical (unpaired) electrons. The van der Waals surface area contributed by atoms with Crippen LogP contribution in [0, 0.1) is 6.92 Å². The predicted octanol–water partition coefficient (Wildman–Crippen LogP) is 2.38. The number of hydrogen-bond acceptors (Lipinski definition) is 4. The molecule has 4 heteroatoms. The van der Waals surface area contributed by atoms with Crippen LogP contribution >= 0.6 is 0 Å². The zero-order chi connectivity index (χ0) is 15.4. The van der Waals surface area contributed by atoms with Gasteiger partial charge in [0.05, 0.1) is 13.2 Å². The third-order valence-electron chi connectivity index (χ3n) is 4.76. The highest BCUT2D eigenvalue weighted by molar-refractivity contribution is 5.26. The number of nitrogens with zero attached hydrogens (tertiary/aromatic N) is 1. The Morgan fingerprint density at radius 2 is 2.00 bits per heavy atom. The van der Waals surface area contributed by atoms with Crippen molar-refractivity contribution in [2.45, 2.75) is 44.2 Å². The minimum atomic E-state index is -0.927. The lowest BCUT2D eigenvalue weighted by Gasteiger charge is -2.33. The highest BCUT2D eigenvalue weighted by atomic mass is 16.5. The summed E-state index contributed by atoms with van der Waals surface area (Å²) in [6.07, 6.45) is 5.10. The van der Waals surface area contributed by atoms with E-state index in [1.54, 1.807) is 0 Å². The minimum absolute atomic E-state index is 0.277. The fourth-order valence-corrected chi connectivity index (χ4v) is 3.47. The lowest BCUT2D eigenvalue weighted by atomic mass is 10.0. The predicted molar refractivity (Wildman–Crippen MR) is 86.3 cm³/mol. The van der Waals surface area contributed by atoms with Gasteiger partial charge in [-0.1, -0.05) is 30.5 Å². The van der Waals surface area contributed by atoms with Crippen molar-refractivity contribution >= 4 is 0 Å². The van der Waals surface area contributed by atoms with Gasteiger partial charge in [-0.3, -0.25) is 4.90 Å². The number of ether oxygens (including phenoxy) is 2. The van der Waals surface area contributed by atoms with Crippen LogP contribution in [0.4, 0.5) is 0 Å². The Kier molecular flexibility index (Phi) is 5.01. The van der Waals surface area contributed by atoms with Gasteiger partial charge in [0.15, 0.2) is 0 Å². The van der Waals surface area contributed by atoms with Gasteiger partial charge in [0, 0.05) is 19.1 Å². The van der Waals surface area contributed by atoms with Crippen molar-refractivity contribution in [2.24, 2.45) is 0 Å². The lowest BCUT2D eigenvalue weighted by Crippen LogP contribution is -2.51. The summed E-state index contributed by atoms with van der Waals surface area (Å²) in [5.41, 5.74) is 0.278. The van der Waals surface area contributed by atoms with E-state index >= 15 is 0 Å². The van der Waals surface area contributed by atoms with E-state index in [1.165, 1.54) is 31.2 Å². The molecule has 2 aliphatic rings. The first-order chi connectivity index (χ1) is 10.6. The summed E-state index contributed by atoms with van der Waals surface area (Å²) in [4.78, 5) is 2.40. The maximum Gasteiger partial charge on any atom is 0.134 e. The lowest BCUT2D eigenvalue weighted by molar-refractivity contribution is -0.0669. The van der Waals surface area contributed by atoms with Gasteiger partial charge in [0.25, 0.3) is 0 Å². The summed E-state index contributed by atoms with van der Waals surface area (Å²) >= 11 is 0. The number of aryl methyl sites for hydroxylation is 1. The summed E-state index contributed by atoms with van der Waals surface area (Å²) in [5, 5.41) is 10.9. The molecule has 2 fully saturated rings. The Balaban J connectivity index is 1.60. The molecule has 0 spiro atoms. The van der Waals surface area contributed by atoms with Crippen molar-refractivity contribution in [3.63, 3.8) is 0 Å². The second-order valence-electron chi connectivity index (χ2n) is 6.79. The van der Waals surface area contributed by atoms with Crippen LogP contribution in [0.15, 0.2) is 24.3 Å². The monoisotopic (exact) mass is 305 g/mol. The van der Waals surface area contributed by atoms with E-state index in [2.05, 4.69) is 11.8 Å². The molecule has 0 unspecified atom stereocenters. The molecule has 1 saturated carbocycles. The van der Waals surface area contributed by atoms with Crippen molar-refractivity contribution in [3.8, 4) is 5.75 Å². The smallest absolute Gasteiger partial charge is 0.134 e. The van der Waals surface area contributed by atoms with Crippen LogP contribution < -0.4 is 4.74 Å². The number of rotatable bonds is 4. The maximum atomic E-state index is 10.9. The average molecular weight is 305 g/mol. The fraction of sp³-hybridized carbons (Fsp3) is 0.667. The molecule has 1 atom stereocenters. The molecule has 3 rings (SSSR count). The molecule has 1 saturated heterocycles. The summed E-state index contributed by atoms with van der Waals surface area (Å²) < 4.78 is 11.4. The Hall–Kier alpha value is -1.10. The molecule has 0 amide bonds. The second-order valence-corrected chi connectivity index (χ2v) is 6.79. The molecule has 1 N–H and O–H groups in total. The number of benzene rings is 1. The fourth-order valence-electron chi connectivity index (χ4n) is 3.47. The second kappa shape index (κ2) is 6.99. The van der Waals surface area contributed by atoms with Crippen LogP contribution in [0.25, 0.3) is 0 Å². The van der Waals surface area contributed by atoms with Crippen molar-refractivity contribution in [1.82, 2.24) is 4.90 Å². The Morgan fingerprint density at radius 1 is 1.27 bits per heavy atom. The molecule has 1 aliphatic carbocycles. The largest absolute Gasteiger partial charge is 0.490 e. The maximum absolute atomic E-state index is 10.9. The summed E-state index contributed by atoms with van der Waals surface area (Å²) in [5.74, 6) is 0.802. The Labute approximate surface area is 133 Å². The molecule has 1 aromatic carbocycles. The normalized spacial score (nSPS) is 27.7. The van der Waals surface area contributed by atoms with Gasteiger partial charge in [-0.15, -0.1) is 0 Å². The number of aliphatic hydroxyl groups is 1. The molecule has 0 aromatic heterocycles. The molecule has 122 valence electrons. The minimum Gasteiger partial charge on any atom is -0.490 e. The number of β-amino-alcohol motifs (C(OH)–C–C–N with tert-alkyl or cyclic N) is 1. The van der Waals surface area contributed by atoms with Crippen LogP contribution in [0.5, 0.6) is 5.75 Å². The Morgan fingerprint density at radius 3 is 2.73 bits per heavy atom. The molecule has 0 bridgehead atoms. The third-order valence-corrected chi connectivity index (χ3v) is 4.76. The van der Waals surface area contributed by atoms with Crippen LogP contribution in [-0.2, 0) is 4.74 Å². The molecular formula is C18H27NO3. The van der Waals surface area contributed by atoms with E-state index < -0.39 is 5.60 Å². The molecule has 1 heterocycles. The van der Waals surface area contributed by atoms with Gasteiger partial charge in [0.1, 0.15) is 18.0 Å². The van der Waals surface area contributed by atoms with Crippen LogP contribution in [-0.4, -0.2) is 54.6 Å². The molecule has 1 aromatic rings. The SMILES string of the molecule is Cc1ccc(OC[C@]2(O)COCCN(C3CCCC3)C2)cc1. The van der Waals surface area contributed by atoms with Gasteiger partial charge in [-0.05, 0) is 31.9 Å². The quantitative estimate of drug-likeness (QED) is 0.927. The Bertz CT molecular complexity index is 470. The first-order valence-corrected chi connectivity index (χ1v) is 8.38. The molecule has 4 nitrogen and oxygen atoms in total. The highest BCUT2D eigenvalue weighted by Crippen LogP contribution is 2.26. The van der Waals surface area contributed by atoms with Gasteiger partial charge < -0.3 is 14.6 Å². The highest BCUT2D eigenvalue weighted by Gasteiger charge is 2.36. The van der Waals surface area contributed by atoms with Crippen molar-refractivity contribution in [2.75, 3.05) is 32.9 Å². The van der Waals surface area contributed by atoms with Gasteiger partial charge in [-0.25, -0.2) is 0 Å². The summed E-state index contributed by atoms with van der Waals surface area (Å²) in [6.45, 7) is 4.93. The van der Waals surface area contributed by atoms with Crippen molar-refractivity contribution in [3.05, 3.63) is 29.8 Å². The van der Waals surface area contributed by atoms with Gasteiger partial charge in [0.2, 0.25) is 0 Å². The average Bonchev–Trinajstić information content (AvgIpc) is 2.98. The molecule has 1 aliphatic heterocycles. The standard InChI is InChI=1S/C18H27NO3/c1-15-6-8-17(9-7-15)22-14-18(20)12-19(10-11-21-13-18)16-4-2-3-5-16/h6-9,16,20H,2-5,10-14H2,1H3/t18-/m1/s1. The van der Waals surface area contributed by atoms with E-state index in [0.717, 1.165) is 12.3 Å². The summed E-state index contributed by atoms with van der Waals surface area (Å²) in [7, 11) is 0. The zero-order valence-corrected chi connectivity index (χ0v) is 13.5. The van der Waals surface area contributed by atoms with Crippen molar-refractivity contribution < 1.29 is 14.6 Å². The van der Waals surface area contributed by atoms with Gasteiger partial charge in [-0.2, -0.15) is 0 Å². The van der Waals surface area contributed by atoms with Crippen LogP contribution in [0.2, 0.25) is 0 Å². The first-order valence-electron chi connectivity index (χ1n) is 8.38. The molecule has 22 heavy (non-hydrogen) atoms. The summed E-state index contributed by atoms with van der Waals surface area (Å²) in [6, 6.07) is 8.55. The van der Waals surface area contributed by atoms with E-state index in [-0.39, 0.29) is 6.61 Å². The van der Waals surface area contributed by atoms with E-state index in [4.69, 9.17) is 9.47 Å². The number of hydrogen-bond donors (Lipinski definition) is 1.